The van der Waals surface area contributed by atoms with Crippen molar-refractivity contribution in [3.05, 3.63) is 53.6 Å². The smallest absolute Gasteiger partial charge is 0.253 e. The minimum atomic E-state index is 0.0784. The van der Waals surface area contributed by atoms with Gasteiger partial charge in [-0.25, -0.2) is 0 Å². The van der Waals surface area contributed by atoms with Gasteiger partial charge in [0.25, 0.3) is 5.91 Å². The lowest BCUT2D eigenvalue weighted by Crippen LogP contribution is -2.48. The minimum absolute atomic E-state index is 0.0784. The molecule has 2 aromatic rings. The predicted octanol–water partition coefficient (Wildman–Crippen LogP) is 2.97. The zero-order chi connectivity index (χ0) is 21.8. The van der Waals surface area contributed by atoms with E-state index in [0.717, 1.165) is 69.4 Å². The van der Waals surface area contributed by atoms with Crippen LogP contribution in [0.5, 0.6) is 17.2 Å². The van der Waals surface area contributed by atoms with Crippen LogP contribution in [0.3, 0.4) is 0 Å². The van der Waals surface area contributed by atoms with E-state index in [-0.39, 0.29) is 12.0 Å². The molecule has 0 radical (unpaired) electrons. The Morgan fingerprint density at radius 2 is 1.72 bits per heavy atom. The van der Waals surface area contributed by atoms with Gasteiger partial charge in [0.1, 0.15) is 25.6 Å². The van der Waals surface area contributed by atoms with Crippen LogP contribution in [-0.2, 0) is 11.3 Å². The van der Waals surface area contributed by atoms with E-state index in [1.165, 1.54) is 5.56 Å². The number of nitrogens with zero attached hydrogens (tertiary/aromatic N) is 2. The molecule has 0 aliphatic carbocycles. The molecule has 0 unspecified atom stereocenters. The van der Waals surface area contributed by atoms with Gasteiger partial charge in [0, 0.05) is 44.9 Å². The van der Waals surface area contributed by atoms with Gasteiger partial charge in [0.2, 0.25) is 0 Å². The number of carbonyl (C=O) groups excluding carboxylic acids is 1. The van der Waals surface area contributed by atoms with E-state index in [1.807, 2.05) is 35.2 Å². The Labute approximate surface area is 188 Å². The van der Waals surface area contributed by atoms with Crippen LogP contribution in [0.25, 0.3) is 0 Å². The second-order valence-electron chi connectivity index (χ2n) is 8.52. The van der Waals surface area contributed by atoms with Gasteiger partial charge in [-0.05, 0) is 54.8 Å². The van der Waals surface area contributed by atoms with Gasteiger partial charge < -0.3 is 23.8 Å². The molecule has 3 aliphatic rings. The van der Waals surface area contributed by atoms with Crippen LogP contribution in [0.2, 0.25) is 0 Å². The number of fused-ring (bicyclic) bond motifs is 1. The zero-order valence-corrected chi connectivity index (χ0v) is 18.3. The highest BCUT2D eigenvalue weighted by molar-refractivity contribution is 5.94. The number of ether oxygens (including phenoxy) is 4. The van der Waals surface area contributed by atoms with E-state index in [1.54, 1.807) is 0 Å². The lowest BCUT2D eigenvalue weighted by Gasteiger charge is -2.35. The summed E-state index contributed by atoms with van der Waals surface area (Å²) in [6, 6.07) is 13.6. The van der Waals surface area contributed by atoms with Crippen molar-refractivity contribution < 1.29 is 23.7 Å². The molecule has 7 heteroatoms. The molecule has 0 bridgehead atoms. The lowest BCUT2D eigenvalue weighted by atomic mass is 10.1. The van der Waals surface area contributed by atoms with Crippen molar-refractivity contribution in [1.82, 2.24) is 9.80 Å². The van der Waals surface area contributed by atoms with Crippen LogP contribution in [0, 0.1) is 0 Å². The van der Waals surface area contributed by atoms with Crippen molar-refractivity contribution in [3.8, 4) is 17.2 Å². The molecule has 170 valence electrons. The summed E-state index contributed by atoms with van der Waals surface area (Å²) in [4.78, 5) is 17.2. The van der Waals surface area contributed by atoms with Crippen LogP contribution in [-0.4, -0.2) is 74.4 Å². The van der Waals surface area contributed by atoms with Crippen LogP contribution >= 0.6 is 0 Å². The van der Waals surface area contributed by atoms with Gasteiger partial charge in [-0.3, -0.25) is 9.69 Å². The fraction of sp³-hybridized carbons (Fsp3) is 0.480. The molecular formula is C25H30N2O5. The number of benzene rings is 2. The standard InChI is InChI=1S/C25H30N2O5/c28-25(20-4-6-21(7-5-20)32-18-22-2-1-13-29-22)27-11-9-26(10-12-27)17-19-3-8-23-24(16-19)31-15-14-30-23/h3-8,16,22H,1-2,9-15,17-18H2/t22-/m1/s1. The number of amides is 1. The van der Waals surface area contributed by atoms with Gasteiger partial charge in [0.05, 0.1) is 6.10 Å². The van der Waals surface area contributed by atoms with Crippen molar-refractivity contribution in [2.75, 3.05) is 52.6 Å². The van der Waals surface area contributed by atoms with Gasteiger partial charge in [-0.15, -0.1) is 0 Å². The molecule has 2 fully saturated rings. The molecule has 0 spiro atoms. The molecule has 0 N–H and O–H groups in total. The molecule has 3 aliphatic heterocycles. The average Bonchev–Trinajstić information content (AvgIpc) is 3.37. The normalized spacial score (nSPS) is 20.9. The molecule has 1 amide bonds. The van der Waals surface area contributed by atoms with E-state index in [9.17, 15) is 4.79 Å². The van der Waals surface area contributed by atoms with Gasteiger partial charge in [-0.1, -0.05) is 6.07 Å². The topological polar surface area (TPSA) is 60.5 Å². The summed E-state index contributed by atoms with van der Waals surface area (Å²) in [5.74, 6) is 2.50. The third-order valence-corrected chi connectivity index (χ3v) is 6.23. The van der Waals surface area contributed by atoms with E-state index >= 15 is 0 Å². The van der Waals surface area contributed by atoms with Crippen molar-refractivity contribution in [3.63, 3.8) is 0 Å². The highest BCUT2D eigenvalue weighted by Crippen LogP contribution is 2.31. The SMILES string of the molecule is O=C(c1ccc(OC[C@H]2CCCO2)cc1)N1CCN(Cc2ccc3c(c2)OCCO3)CC1. The maximum Gasteiger partial charge on any atom is 0.253 e. The number of piperazine rings is 1. The number of hydrogen-bond donors (Lipinski definition) is 0. The summed E-state index contributed by atoms with van der Waals surface area (Å²) in [6.45, 7) is 6.58. The van der Waals surface area contributed by atoms with Crippen LogP contribution < -0.4 is 14.2 Å². The molecule has 3 heterocycles. The molecule has 0 saturated carbocycles. The second kappa shape index (κ2) is 9.79. The molecule has 0 aromatic heterocycles. The Morgan fingerprint density at radius 3 is 2.47 bits per heavy atom. The Hall–Kier alpha value is -2.77. The first-order valence-electron chi connectivity index (χ1n) is 11.5. The summed E-state index contributed by atoms with van der Waals surface area (Å²) in [6.07, 6.45) is 2.34. The quantitative estimate of drug-likeness (QED) is 0.691. The summed E-state index contributed by atoms with van der Waals surface area (Å²) < 4.78 is 22.7. The second-order valence-corrected chi connectivity index (χ2v) is 8.52. The highest BCUT2D eigenvalue weighted by atomic mass is 16.6. The highest BCUT2D eigenvalue weighted by Gasteiger charge is 2.23. The molecule has 32 heavy (non-hydrogen) atoms. The zero-order valence-electron chi connectivity index (χ0n) is 18.3. The third kappa shape index (κ3) is 5.00. The molecular weight excluding hydrogens is 408 g/mol. The van der Waals surface area contributed by atoms with Crippen LogP contribution in [0.15, 0.2) is 42.5 Å². The first-order valence-corrected chi connectivity index (χ1v) is 11.5. The monoisotopic (exact) mass is 438 g/mol. The fourth-order valence-electron chi connectivity index (χ4n) is 4.39. The summed E-state index contributed by atoms with van der Waals surface area (Å²) >= 11 is 0. The predicted molar refractivity (Wildman–Crippen MR) is 120 cm³/mol. The van der Waals surface area contributed by atoms with Crippen molar-refractivity contribution >= 4 is 5.91 Å². The van der Waals surface area contributed by atoms with Gasteiger partial charge in [0.15, 0.2) is 11.5 Å². The summed E-state index contributed by atoms with van der Waals surface area (Å²) in [5.41, 5.74) is 1.90. The Bertz CT molecular complexity index is 918. The van der Waals surface area contributed by atoms with Crippen LogP contribution in [0.4, 0.5) is 0 Å². The Morgan fingerprint density at radius 1 is 0.938 bits per heavy atom. The third-order valence-electron chi connectivity index (χ3n) is 6.23. The maximum absolute atomic E-state index is 12.9. The van der Waals surface area contributed by atoms with E-state index in [4.69, 9.17) is 18.9 Å². The number of hydrogen-bond acceptors (Lipinski definition) is 6. The van der Waals surface area contributed by atoms with E-state index < -0.39 is 0 Å². The van der Waals surface area contributed by atoms with Crippen LogP contribution in [0.1, 0.15) is 28.8 Å². The Kier molecular flexibility index (Phi) is 6.46. The maximum atomic E-state index is 12.9. The molecule has 2 aromatic carbocycles. The van der Waals surface area contributed by atoms with Crippen molar-refractivity contribution in [2.24, 2.45) is 0 Å². The molecule has 7 nitrogen and oxygen atoms in total. The fourth-order valence-corrected chi connectivity index (χ4v) is 4.39. The summed E-state index contributed by atoms with van der Waals surface area (Å²) in [7, 11) is 0. The van der Waals surface area contributed by atoms with Gasteiger partial charge >= 0.3 is 0 Å². The number of rotatable bonds is 6. The van der Waals surface area contributed by atoms with Crippen molar-refractivity contribution in [1.29, 1.82) is 0 Å². The van der Waals surface area contributed by atoms with Gasteiger partial charge in [-0.2, -0.15) is 0 Å². The molecule has 5 rings (SSSR count). The first kappa shape index (κ1) is 21.1. The lowest BCUT2D eigenvalue weighted by molar-refractivity contribution is 0.0626. The molecule has 2 saturated heterocycles. The average molecular weight is 439 g/mol. The largest absolute Gasteiger partial charge is 0.491 e. The Balaban J connectivity index is 1.10. The minimum Gasteiger partial charge on any atom is -0.491 e. The summed E-state index contributed by atoms with van der Waals surface area (Å²) in [5, 5.41) is 0. The van der Waals surface area contributed by atoms with E-state index in [2.05, 4.69) is 17.0 Å². The first-order chi connectivity index (χ1) is 15.7. The van der Waals surface area contributed by atoms with Crippen molar-refractivity contribution in [2.45, 2.75) is 25.5 Å². The van der Waals surface area contributed by atoms with E-state index in [0.29, 0.717) is 25.4 Å². The molecule has 1 atom stereocenters. The number of carbonyl (C=O) groups is 1.